The van der Waals surface area contributed by atoms with Crippen molar-refractivity contribution in [1.29, 1.82) is 0 Å². The highest BCUT2D eigenvalue weighted by Gasteiger charge is 2.05. The molecule has 0 amide bonds. The van der Waals surface area contributed by atoms with E-state index in [0.29, 0.717) is 5.56 Å². The van der Waals surface area contributed by atoms with Gasteiger partial charge >= 0.3 is 0 Å². The minimum absolute atomic E-state index is 0.600. The fourth-order valence-electron chi connectivity index (χ4n) is 1.43. The van der Waals surface area contributed by atoms with E-state index in [1.807, 2.05) is 24.3 Å². The van der Waals surface area contributed by atoms with Crippen molar-refractivity contribution in [3.05, 3.63) is 60.8 Å². The molecule has 0 bridgehead atoms. The van der Waals surface area contributed by atoms with Gasteiger partial charge in [-0.3, -0.25) is 0 Å². The van der Waals surface area contributed by atoms with Gasteiger partial charge < -0.3 is 0 Å². The third kappa shape index (κ3) is 2.14. The summed E-state index contributed by atoms with van der Waals surface area (Å²) >= 11 is 0. The van der Waals surface area contributed by atoms with Gasteiger partial charge in [-0.25, -0.2) is 4.39 Å². The zero-order valence-corrected chi connectivity index (χ0v) is 8.68. The van der Waals surface area contributed by atoms with Crippen molar-refractivity contribution in [1.82, 2.24) is 10.2 Å². The summed E-state index contributed by atoms with van der Waals surface area (Å²) in [6, 6.07) is 10.8. The molecule has 2 rings (SSSR count). The average Bonchev–Trinajstić information content (AvgIpc) is 2.39. The van der Waals surface area contributed by atoms with Crippen LogP contribution in [0.1, 0.15) is 11.7 Å². The van der Waals surface area contributed by atoms with E-state index in [1.165, 1.54) is 6.08 Å². The Morgan fingerprint density at radius 1 is 1.19 bits per heavy atom. The quantitative estimate of drug-likeness (QED) is 0.732. The first-order valence-corrected chi connectivity index (χ1v) is 4.96. The minimum Gasteiger partial charge on any atom is -0.238 e. The third-order valence-electron chi connectivity index (χ3n) is 2.30. The number of alkyl halides is 1. The number of allylic oxidation sites excluding steroid dienone is 1. The van der Waals surface area contributed by atoms with Crippen LogP contribution in [0.25, 0.3) is 11.3 Å². The first-order valence-electron chi connectivity index (χ1n) is 4.96. The topological polar surface area (TPSA) is 25.8 Å². The molecule has 0 aliphatic rings. The normalized spacial score (nSPS) is 12.1. The van der Waals surface area contributed by atoms with E-state index in [4.69, 9.17) is 0 Å². The Morgan fingerprint density at radius 3 is 2.50 bits per heavy atom. The first-order chi connectivity index (χ1) is 7.81. The number of rotatable bonds is 3. The standard InChI is InChI=1S/C13H11FN2/c1-2-12(14)10-5-7-11(8-6-10)13-4-3-9-15-16-13/h2-9,12H,1H2. The summed E-state index contributed by atoms with van der Waals surface area (Å²) in [5, 5.41) is 7.77. The second-order valence-corrected chi connectivity index (χ2v) is 3.37. The van der Waals surface area contributed by atoms with Gasteiger partial charge in [-0.05, 0) is 17.7 Å². The Labute approximate surface area is 93.5 Å². The number of hydrogen-bond acceptors (Lipinski definition) is 2. The Kier molecular flexibility index (Phi) is 3.05. The molecular formula is C13H11FN2. The molecule has 3 heteroatoms. The Morgan fingerprint density at radius 2 is 1.94 bits per heavy atom. The lowest BCUT2D eigenvalue weighted by molar-refractivity contribution is 0.415. The Hall–Kier alpha value is -2.03. The van der Waals surface area contributed by atoms with Gasteiger partial charge in [0.15, 0.2) is 0 Å². The van der Waals surface area contributed by atoms with Crippen molar-refractivity contribution in [2.75, 3.05) is 0 Å². The lowest BCUT2D eigenvalue weighted by atomic mass is 10.1. The summed E-state index contributed by atoms with van der Waals surface area (Å²) < 4.78 is 13.3. The van der Waals surface area contributed by atoms with Crippen molar-refractivity contribution in [3.63, 3.8) is 0 Å². The summed E-state index contributed by atoms with van der Waals surface area (Å²) in [4.78, 5) is 0. The number of nitrogens with zero attached hydrogens (tertiary/aromatic N) is 2. The largest absolute Gasteiger partial charge is 0.238 e. The van der Waals surface area contributed by atoms with E-state index in [-0.39, 0.29) is 0 Å². The van der Waals surface area contributed by atoms with Gasteiger partial charge in [-0.2, -0.15) is 10.2 Å². The molecule has 0 aliphatic carbocycles. The fraction of sp³-hybridized carbons (Fsp3) is 0.0769. The molecule has 0 saturated carbocycles. The lowest BCUT2D eigenvalue weighted by Crippen LogP contribution is -1.89. The van der Waals surface area contributed by atoms with E-state index in [1.54, 1.807) is 18.3 Å². The van der Waals surface area contributed by atoms with Gasteiger partial charge in [0.25, 0.3) is 0 Å². The van der Waals surface area contributed by atoms with Crippen LogP contribution in [0.3, 0.4) is 0 Å². The van der Waals surface area contributed by atoms with Gasteiger partial charge in [-0.15, -0.1) is 0 Å². The van der Waals surface area contributed by atoms with Gasteiger partial charge in [0.05, 0.1) is 5.69 Å². The fourth-order valence-corrected chi connectivity index (χ4v) is 1.43. The predicted molar refractivity (Wildman–Crippen MR) is 61.5 cm³/mol. The van der Waals surface area contributed by atoms with Gasteiger partial charge in [-0.1, -0.05) is 36.9 Å². The summed E-state index contributed by atoms with van der Waals surface area (Å²) in [5.41, 5.74) is 2.30. The molecule has 0 saturated heterocycles. The van der Waals surface area contributed by atoms with Crippen LogP contribution in [0.15, 0.2) is 55.3 Å². The van der Waals surface area contributed by atoms with E-state index in [0.717, 1.165) is 11.3 Å². The molecular weight excluding hydrogens is 203 g/mol. The van der Waals surface area contributed by atoms with Crippen molar-refractivity contribution >= 4 is 0 Å². The molecule has 80 valence electrons. The average molecular weight is 214 g/mol. The molecule has 0 aliphatic heterocycles. The maximum Gasteiger partial charge on any atom is 0.143 e. The highest BCUT2D eigenvalue weighted by atomic mass is 19.1. The van der Waals surface area contributed by atoms with Gasteiger partial charge in [0, 0.05) is 11.8 Å². The van der Waals surface area contributed by atoms with Crippen LogP contribution in [-0.2, 0) is 0 Å². The molecule has 0 spiro atoms. The SMILES string of the molecule is C=CC(F)c1ccc(-c2cccnn2)cc1. The van der Waals surface area contributed by atoms with Crippen LogP contribution in [0.5, 0.6) is 0 Å². The van der Waals surface area contributed by atoms with Crippen LogP contribution in [-0.4, -0.2) is 10.2 Å². The summed E-state index contributed by atoms with van der Waals surface area (Å²) in [6.07, 6.45) is 1.78. The minimum atomic E-state index is -1.11. The molecule has 0 fully saturated rings. The van der Waals surface area contributed by atoms with Crippen LogP contribution in [0, 0.1) is 0 Å². The second kappa shape index (κ2) is 4.66. The smallest absolute Gasteiger partial charge is 0.143 e. The maximum absolute atomic E-state index is 13.3. The zero-order chi connectivity index (χ0) is 11.4. The molecule has 1 atom stereocenters. The Bertz CT molecular complexity index is 465. The molecule has 1 unspecified atom stereocenters. The lowest BCUT2D eigenvalue weighted by Gasteiger charge is -2.04. The van der Waals surface area contributed by atoms with Crippen LogP contribution < -0.4 is 0 Å². The predicted octanol–water partition coefficient (Wildman–Crippen LogP) is 3.34. The van der Waals surface area contributed by atoms with Crippen LogP contribution in [0.4, 0.5) is 4.39 Å². The van der Waals surface area contributed by atoms with E-state index < -0.39 is 6.17 Å². The summed E-state index contributed by atoms with van der Waals surface area (Å²) in [6.45, 7) is 3.42. The number of aromatic nitrogens is 2. The zero-order valence-electron chi connectivity index (χ0n) is 8.68. The van der Waals surface area contributed by atoms with Crippen molar-refractivity contribution in [2.45, 2.75) is 6.17 Å². The van der Waals surface area contributed by atoms with Crippen LogP contribution >= 0.6 is 0 Å². The van der Waals surface area contributed by atoms with E-state index >= 15 is 0 Å². The monoisotopic (exact) mass is 214 g/mol. The molecule has 1 aromatic heterocycles. The van der Waals surface area contributed by atoms with E-state index in [9.17, 15) is 4.39 Å². The van der Waals surface area contributed by atoms with E-state index in [2.05, 4.69) is 16.8 Å². The molecule has 1 heterocycles. The first kappa shape index (κ1) is 10.5. The molecule has 0 N–H and O–H groups in total. The Balaban J connectivity index is 2.30. The van der Waals surface area contributed by atoms with Gasteiger partial charge in [0.2, 0.25) is 0 Å². The van der Waals surface area contributed by atoms with Crippen molar-refractivity contribution in [3.8, 4) is 11.3 Å². The second-order valence-electron chi connectivity index (χ2n) is 3.37. The maximum atomic E-state index is 13.3. The highest BCUT2D eigenvalue weighted by Crippen LogP contribution is 2.22. The summed E-state index contributed by atoms with van der Waals surface area (Å²) in [7, 11) is 0. The number of benzene rings is 1. The van der Waals surface area contributed by atoms with Gasteiger partial charge in [0.1, 0.15) is 6.17 Å². The third-order valence-corrected chi connectivity index (χ3v) is 2.30. The molecule has 0 radical (unpaired) electrons. The van der Waals surface area contributed by atoms with Crippen molar-refractivity contribution in [2.24, 2.45) is 0 Å². The highest BCUT2D eigenvalue weighted by molar-refractivity contribution is 5.58. The summed E-state index contributed by atoms with van der Waals surface area (Å²) in [5.74, 6) is 0. The molecule has 2 aromatic rings. The molecule has 1 aromatic carbocycles. The number of halogens is 1. The van der Waals surface area contributed by atoms with Crippen molar-refractivity contribution < 1.29 is 4.39 Å². The number of hydrogen-bond donors (Lipinski definition) is 0. The van der Waals surface area contributed by atoms with Crippen LogP contribution in [0.2, 0.25) is 0 Å². The molecule has 2 nitrogen and oxygen atoms in total. The molecule has 16 heavy (non-hydrogen) atoms.